The number of rotatable bonds is 1. The van der Waals surface area contributed by atoms with E-state index < -0.39 is 12.0 Å². The number of halogens is 3. The van der Waals surface area contributed by atoms with Crippen LogP contribution in [0.25, 0.3) is 0 Å². The zero-order valence-electron chi connectivity index (χ0n) is 6.48. The summed E-state index contributed by atoms with van der Waals surface area (Å²) >= 11 is 0. The molecule has 1 N–H and O–H groups in total. The molecule has 0 bridgehead atoms. The molecule has 68 valence electrons. The Bertz CT molecular complexity index is 277. The Morgan fingerprint density at radius 2 is 1.92 bits per heavy atom. The van der Waals surface area contributed by atoms with E-state index in [2.05, 4.69) is 15.5 Å². The standard InChI is InChI=1S/C5H7F3N4/c1-9-4-11-10-3(12(4)2)5(6,7)8/h1-2H3,(H,9,11). The summed E-state index contributed by atoms with van der Waals surface area (Å²) in [6, 6.07) is 0. The Morgan fingerprint density at radius 3 is 2.17 bits per heavy atom. The predicted octanol–water partition coefficient (Wildman–Crippen LogP) is 0.876. The van der Waals surface area contributed by atoms with Crippen molar-refractivity contribution >= 4 is 5.95 Å². The molecule has 0 atom stereocenters. The van der Waals surface area contributed by atoms with Crippen LogP contribution in [0.4, 0.5) is 19.1 Å². The van der Waals surface area contributed by atoms with Crippen LogP contribution < -0.4 is 5.32 Å². The molecule has 1 aromatic rings. The maximum atomic E-state index is 12.0. The summed E-state index contributed by atoms with van der Waals surface area (Å²) in [6.07, 6.45) is -4.45. The fourth-order valence-corrected chi connectivity index (χ4v) is 0.794. The lowest BCUT2D eigenvalue weighted by Gasteiger charge is -2.05. The lowest BCUT2D eigenvalue weighted by molar-refractivity contribution is -0.146. The zero-order chi connectivity index (χ0) is 9.35. The Morgan fingerprint density at radius 1 is 1.33 bits per heavy atom. The van der Waals surface area contributed by atoms with E-state index in [1.807, 2.05) is 0 Å². The van der Waals surface area contributed by atoms with Gasteiger partial charge < -0.3 is 5.32 Å². The van der Waals surface area contributed by atoms with Crippen LogP contribution in [0.15, 0.2) is 0 Å². The quantitative estimate of drug-likeness (QED) is 0.697. The molecule has 0 amide bonds. The third kappa shape index (κ3) is 1.34. The summed E-state index contributed by atoms with van der Waals surface area (Å²) in [7, 11) is 2.72. The number of nitrogens with zero attached hydrogens (tertiary/aromatic N) is 3. The summed E-state index contributed by atoms with van der Waals surface area (Å²) in [5.74, 6) is -0.922. The Labute approximate surface area is 66.4 Å². The summed E-state index contributed by atoms with van der Waals surface area (Å²) in [5.41, 5.74) is 0. The summed E-state index contributed by atoms with van der Waals surface area (Å²) < 4.78 is 37.0. The van der Waals surface area contributed by atoms with Crippen molar-refractivity contribution in [2.45, 2.75) is 6.18 Å². The topological polar surface area (TPSA) is 42.7 Å². The van der Waals surface area contributed by atoms with Crippen molar-refractivity contribution in [3.8, 4) is 0 Å². The lowest BCUT2D eigenvalue weighted by atomic mass is 10.6. The molecule has 0 spiro atoms. The maximum Gasteiger partial charge on any atom is 0.451 e. The van der Waals surface area contributed by atoms with E-state index in [-0.39, 0.29) is 5.95 Å². The van der Waals surface area contributed by atoms with Crippen molar-refractivity contribution in [3.63, 3.8) is 0 Å². The summed E-state index contributed by atoms with van der Waals surface area (Å²) in [6.45, 7) is 0. The first-order chi connectivity index (χ1) is 5.46. The van der Waals surface area contributed by atoms with Gasteiger partial charge in [0.1, 0.15) is 0 Å². The van der Waals surface area contributed by atoms with E-state index in [1.54, 1.807) is 0 Å². The number of hydrogen-bond acceptors (Lipinski definition) is 3. The molecule has 4 nitrogen and oxygen atoms in total. The highest BCUT2D eigenvalue weighted by atomic mass is 19.4. The molecule has 0 fully saturated rings. The van der Waals surface area contributed by atoms with Gasteiger partial charge in [-0.2, -0.15) is 13.2 Å². The molecular formula is C5H7F3N4. The molecule has 0 unspecified atom stereocenters. The summed E-state index contributed by atoms with van der Waals surface area (Å²) in [5, 5.41) is 8.74. The molecule has 0 aliphatic rings. The number of anilines is 1. The van der Waals surface area contributed by atoms with Gasteiger partial charge in [0.15, 0.2) is 0 Å². The minimum Gasteiger partial charge on any atom is -0.357 e. The van der Waals surface area contributed by atoms with Crippen LogP contribution in [0.2, 0.25) is 0 Å². The van der Waals surface area contributed by atoms with E-state index in [0.717, 1.165) is 4.57 Å². The van der Waals surface area contributed by atoms with Gasteiger partial charge in [-0.15, -0.1) is 10.2 Å². The van der Waals surface area contributed by atoms with Gasteiger partial charge in [-0.05, 0) is 0 Å². The minimum absolute atomic E-state index is 0.0855. The molecule has 1 aromatic heterocycles. The largest absolute Gasteiger partial charge is 0.451 e. The highest BCUT2D eigenvalue weighted by Gasteiger charge is 2.37. The van der Waals surface area contributed by atoms with Crippen molar-refractivity contribution in [2.75, 3.05) is 12.4 Å². The van der Waals surface area contributed by atoms with Gasteiger partial charge in [0.05, 0.1) is 0 Å². The van der Waals surface area contributed by atoms with Crippen LogP contribution in [0.3, 0.4) is 0 Å². The minimum atomic E-state index is -4.45. The third-order valence-corrected chi connectivity index (χ3v) is 1.35. The highest BCUT2D eigenvalue weighted by Crippen LogP contribution is 2.27. The van der Waals surface area contributed by atoms with Gasteiger partial charge in [-0.3, -0.25) is 4.57 Å². The number of alkyl halides is 3. The summed E-state index contributed by atoms with van der Waals surface area (Å²) in [4.78, 5) is 0. The molecule has 0 saturated heterocycles. The van der Waals surface area contributed by atoms with Gasteiger partial charge in [-0.25, -0.2) is 0 Å². The lowest BCUT2D eigenvalue weighted by Crippen LogP contribution is -2.13. The van der Waals surface area contributed by atoms with Crippen molar-refractivity contribution in [2.24, 2.45) is 7.05 Å². The molecule has 0 aliphatic carbocycles. The first kappa shape index (κ1) is 8.82. The molecule has 0 aliphatic heterocycles. The van der Waals surface area contributed by atoms with Gasteiger partial charge in [0.2, 0.25) is 11.8 Å². The van der Waals surface area contributed by atoms with Crippen LogP contribution >= 0.6 is 0 Å². The van der Waals surface area contributed by atoms with Crippen molar-refractivity contribution in [3.05, 3.63) is 5.82 Å². The third-order valence-electron chi connectivity index (χ3n) is 1.35. The van der Waals surface area contributed by atoms with Gasteiger partial charge in [-0.1, -0.05) is 0 Å². The Hall–Kier alpha value is -1.27. The van der Waals surface area contributed by atoms with E-state index in [4.69, 9.17) is 0 Å². The molecule has 0 aromatic carbocycles. The fourth-order valence-electron chi connectivity index (χ4n) is 0.794. The molecule has 1 heterocycles. The SMILES string of the molecule is CNc1nnc(C(F)(F)F)n1C. The van der Waals surface area contributed by atoms with Gasteiger partial charge in [0, 0.05) is 14.1 Å². The average molecular weight is 180 g/mol. The molecular weight excluding hydrogens is 173 g/mol. The first-order valence-electron chi connectivity index (χ1n) is 3.11. The van der Waals surface area contributed by atoms with Crippen LogP contribution in [0.5, 0.6) is 0 Å². The first-order valence-corrected chi connectivity index (χ1v) is 3.11. The van der Waals surface area contributed by atoms with Crippen LogP contribution in [0, 0.1) is 0 Å². The van der Waals surface area contributed by atoms with E-state index in [0.29, 0.717) is 0 Å². The monoisotopic (exact) mass is 180 g/mol. The molecule has 12 heavy (non-hydrogen) atoms. The van der Waals surface area contributed by atoms with Crippen molar-refractivity contribution in [1.29, 1.82) is 0 Å². The van der Waals surface area contributed by atoms with E-state index in [9.17, 15) is 13.2 Å². The van der Waals surface area contributed by atoms with Crippen LogP contribution in [-0.4, -0.2) is 21.8 Å². The number of aromatic nitrogens is 3. The molecule has 0 radical (unpaired) electrons. The zero-order valence-corrected chi connectivity index (χ0v) is 6.48. The predicted molar refractivity (Wildman–Crippen MR) is 35.6 cm³/mol. The van der Waals surface area contributed by atoms with E-state index in [1.165, 1.54) is 14.1 Å². The fraction of sp³-hybridized carbons (Fsp3) is 0.600. The van der Waals surface area contributed by atoms with Crippen molar-refractivity contribution in [1.82, 2.24) is 14.8 Å². The maximum absolute atomic E-state index is 12.0. The second kappa shape index (κ2) is 2.65. The van der Waals surface area contributed by atoms with E-state index >= 15 is 0 Å². The highest BCUT2D eigenvalue weighted by molar-refractivity contribution is 5.24. The van der Waals surface area contributed by atoms with Gasteiger partial charge in [0.25, 0.3) is 0 Å². The molecule has 1 rings (SSSR count). The Kier molecular flexibility index (Phi) is 1.95. The van der Waals surface area contributed by atoms with Crippen LogP contribution in [-0.2, 0) is 13.2 Å². The average Bonchev–Trinajstić information content (AvgIpc) is 2.29. The molecule has 7 heteroatoms. The van der Waals surface area contributed by atoms with Crippen molar-refractivity contribution < 1.29 is 13.2 Å². The second-order valence-corrected chi connectivity index (χ2v) is 2.15. The number of nitrogens with one attached hydrogen (secondary N) is 1. The smallest absolute Gasteiger partial charge is 0.357 e. The van der Waals surface area contributed by atoms with Gasteiger partial charge >= 0.3 is 6.18 Å². The normalized spacial score (nSPS) is 11.8. The number of hydrogen-bond donors (Lipinski definition) is 1. The van der Waals surface area contributed by atoms with Crippen LogP contribution in [0.1, 0.15) is 5.82 Å². The Balaban J connectivity index is 3.11. The molecule has 0 saturated carbocycles. The second-order valence-electron chi connectivity index (χ2n) is 2.15.